The lowest BCUT2D eigenvalue weighted by atomic mass is 9.81. The van der Waals surface area contributed by atoms with E-state index in [9.17, 15) is 4.39 Å². The van der Waals surface area contributed by atoms with E-state index in [1.165, 1.54) is 57.2 Å². The molecule has 126 valence electrons. The Morgan fingerprint density at radius 3 is 2.48 bits per heavy atom. The molecule has 5 heteroatoms. The summed E-state index contributed by atoms with van der Waals surface area (Å²) in [6.07, 6.45) is 7.76. The van der Waals surface area contributed by atoms with Gasteiger partial charge in [0.2, 0.25) is 0 Å². The molecule has 2 heterocycles. The lowest BCUT2D eigenvalue weighted by molar-refractivity contribution is -0.961. The highest BCUT2D eigenvalue weighted by molar-refractivity contribution is 7.80. The second kappa shape index (κ2) is 7.58. The molecular formula is C18H27FN3S+. The van der Waals surface area contributed by atoms with Crippen molar-refractivity contribution in [2.24, 2.45) is 0 Å². The molecule has 2 saturated heterocycles. The van der Waals surface area contributed by atoms with Crippen molar-refractivity contribution in [2.75, 3.05) is 11.9 Å². The van der Waals surface area contributed by atoms with Gasteiger partial charge in [-0.3, -0.25) is 0 Å². The molecule has 2 unspecified atom stereocenters. The minimum absolute atomic E-state index is 0.228. The second-order valence-corrected chi connectivity index (χ2v) is 7.33. The van der Waals surface area contributed by atoms with Gasteiger partial charge in [-0.15, -0.1) is 0 Å². The number of hydrogen-bond acceptors (Lipinski definition) is 1. The van der Waals surface area contributed by atoms with E-state index in [1.807, 2.05) is 4.90 Å². The first-order valence-electron chi connectivity index (χ1n) is 8.84. The van der Waals surface area contributed by atoms with Crippen molar-refractivity contribution < 1.29 is 9.29 Å². The summed E-state index contributed by atoms with van der Waals surface area (Å²) in [4.78, 5) is 1.83. The maximum atomic E-state index is 12.9. The molecule has 0 aromatic heterocycles. The Kier molecular flexibility index (Phi) is 5.49. The van der Waals surface area contributed by atoms with Crippen LogP contribution in [0.15, 0.2) is 24.3 Å². The summed E-state index contributed by atoms with van der Waals surface area (Å²) in [5, 5.41) is 7.30. The van der Waals surface area contributed by atoms with E-state index in [0.717, 1.165) is 17.8 Å². The lowest BCUT2D eigenvalue weighted by Gasteiger charge is -2.46. The number of piperidine rings is 2. The molecule has 23 heavy (non-hydrogen) atoms. The van der Waals surface area contributed by atoms with Crippen LogP contribution in [0.2, 0.25) is 0 Å². The van der Waals surface area contributed by atoms with Gasteiger partial charge in [-0.05, 0) is 62.2 Å². The summed E-state index contributed by atoms with van der Waals surface area (Å²) < 4.78 is 12.9. The van der Waals surface area contributed by atoms with Gasteiger partial charge < -0.3 is 15.5 Å². The van der Waals surface area contributed by atoms with Gasteiger partial charge in [-0.2, -0.15) is 0 Å². The van der Waals surface area contributed by atoms with Crippen molar-refractivity contribution in [3.05, 3.63) is 30.1 Å². The van der Waals surface area contributed by atoms with Gasteiger partial charge in [0.15, 0.2) is 5.11 Å². The molecule has 4 atom stereocenters. The Bertz CT molecular complexity index is 520. The first-order valence-corrected chi connectivity index (χ1v) is 9.25. The van der Waals surface area contributed by atoms with Crippen LogP contribution in [0.3, 0.4) is 0 Å². The molecule has 0 aliphatic carbocycles. The fraction of sp³-hybridized carbons (Fsp3) is 0.611. The van der Waals surface area contributed by atoms with E-state index in [2.05, 4.69) is 17.6 Å². The normalized spacial score (nSPS) is 29.8. The van der Waals surface area contributed by atoms with E-state index in [0.29, 0.717) is 11.2 Å². The predicted octanol–water partition coefficient (Wildman–Crippen LogP) is 2.49. The summed E-state index contributed by atoms with van der Waals surface area (Å²) in [6.45, 7) is 3.59. The van der Waals surface area contributed by atoms with E-state index >= 15 is 0 Å². The summed E-state index contributed by atoms with van der Waals surface area (Å²) >= 11 is 5.44. The van der Waals surface area contributed by atoms with Crippen LogP contribution in [0.25, 0.3) is 0 Å². The molecule has 3 rings (SSSR count). The van der Waals surface area contributed by atoms with Crippen molar-refractivity contribution in [1.82, 2.24) is 5.32 Å². The Hall–Kier alpha value is -1.20. The van der Waals surface area contributed by atoms with Crippen LogP contribution >= 0.6 is 12.2 Å². The third-order valence-corrected chi connectivity index (χ3v) is 5.49. The van der Waals surface area contributed by atoms with Gasteiger partial charge in [0, 0.05) is 24.6 Å². The first-order chi connectivity index (χ1) is 11.2. The van der Waals surface area contributed by atoms with E-state index in [4.69, 9.17) is 12.2 Å². The molecule has 1 aromatic carbocycles. The third kappa shape index (κ3) is 4.21. The molecule has 2 bridgehead atoms. The Labute approximate surface area is 143 Å². The second-order valence-electron chi connectivity index (χ2n) is 6.92. The molecule has 2 aliphatic heterocycles. The van der Waals surface area contributed by atoms with E-state index in [1.54, 1.807) is 12.1 Å². The number of halogens is 1. The number of nitrogens with one attached hydrogen (secondary N) is 3. The van der Waals surface area contributed by atoms with Crippen molar-refractivity contribution in [3.63, 3.8) is 0 Å². The zero-order valence-corrected chi connectivity index (χ0v) is 14.6. The lowest BCUT2D eigenvalue weighted by Crippen LogP contribution is -3.21. The summed E-state index contributed by atoms with van der Waals surface area (Å²) in [7, 11) is 0. The smallest absolute Gasteiger partial charge is 0.171 e. The number of benzene rings is 1. The summed E-state index contributed by atoms with van der Waals surface area (Å²) in [5.41, 5.74) is 0.832. The fourth-order valence-electron chi connectivity index (χ4n) is 4.34. The average Bonchev–Trinajstić information content (AvgIpc) is 2.50. The molecule has 3 nitrogen and oxygen atoms in total. The molecule has 0 amide bonds. The monoisotopic (exact) mass is 336 g/mol. The highest BCUT2D eigenvalue weighted by Crippen LogP contribution is 2.22. The highest BCUT2D eigenvalue weighted by atomic mass is 32.1. The minimum atomic E-state index is -0.228. The number of anilines is 1. The Morgan fingerprint density at radius 1 is 1.22 bits per heavy atom. The maximum absolute atomic E-state index is 12.9. The number of rotatable bonds is 4. The zero-order chi connectivity index (χ0) is 16.2. The highest BCUT2D eigenvalue weighted by Gasteiger charge is 2.41. The molecular weight excluding hydrogens is 309 g/mol. The Morgan fingerprint density at radius 2 is 1.87 bits per heavy atom. The molecule has 2 aliphatic rings. The molecule has 0 spiro atoms. The summed E-state index contributed by atoms with van der Waals surface area (Å²) in [5.74, 6) is -0.228. The van der Waals surface area contributed by atoms with Crippen molar-refractivity contribution in [1.29, 1.82) is 0 Å². The van der Waals surface area contributed by atoms with Crippen molar-refractivity contribution >= 4 is 23.0 Å². The molecule has 3 N–H and O–H groups in total. The van der Waals surface area contributed by atoms with Crippen molar-refractivity contribution in [2.45, 2.75) is 63.6 Å². The van der Waals surface area contributed by atoms with Gasteiger partial charge in [0.25, 0.3) is 0 Å². The SMILES string of the molecule is CCC[NH+]1[C@@H]2CCC[C@H]1CC(NC(=S)Nc1ccc(F)cc1)C2. The third-order valence-electron chi connectivity index (χ3n) is 5.27. The number of hydrogen-bond donors (Lipinski definition) is 3. The maximum Gasteiger partial charge on any atom is 0.171 e. The largest absolute Gasteiger partial charge is 0.359 e. The number of quaternary nitrogens is 1. The standard InChI is InChI=1S/C18H26FN3S/c1-2-10-22-16-4-3-5-17(22)12-15(11-16)21-18(23)20-14-8-6-13(19)7-9-14/h6-9,15-17H,2-5,10-12H2,1H3,(H2,20,21,23)/p+1/t15?,16-,17+. The van der Waals surface area contributed by atoms with Crippen LogP contribution in [0.1, 0.15) is 45.4 Å². The van der Waals surface area contributed by atoms with Crippen LogP contribution in [-0.4, -0.2) is 29.8 Å². The van der Waals surface area contributed by atoms with E-state index in [-0.39, 0.29) is 5.82 Å². The van der Waals surface area contributed by atoms with E-state index < -0.39 is 0 Å². The molecule has 0 radical (unpaired) electrons. The van der Waals surface area contributed by atoms with Gasteiger partial charge in [-0.1, -0.05) is 6.92 Å². The number of fused-ring (bicyclic) bond motifs is 2. The summed E-state index contributed by atoms with van der Waals surface area (Å²) in [6, 6.07) is 8.36. The Balaban J connectivity index is 1.54. The first kappa shape index (κ1) is 16.7. The molecule has 2 fully saturated rings. The quantitative estimate of drug-likeness (QED) is 0.738. The van der Waals surface area contributed by atoms with Gasteiger partial charge in [0.1, 0.15) is 5.82 Å². The molecule has 0 saturated carbocycles. The minimum Gasteiger partial charge on any atom is -0.359 e. The van der Waals surface area contributed by atoms with Crippen LogP contribution in [-0.2, 0) is 0 Å². The van der Waals surface area contributed by atoms with Gasteiger partial charge >= 0.3 is 0 Å². The van der Waals surface area contributed by atoms with Crippen LogP contribution in [0.5, 0.6) is 0 Å². The average molecular weight is 337 g/mol. The van der Waals surface area contributed by atoms with Crippen LogP contribution in [0, 0.1) is 5.82 Å². The topological polar surface area (TPSA) is 28.5 Å². The number of thiocarbonyl (C=S) groups is 1. The molecule has 1 aromatic rings. The zero-order valence-electron chi connectivity index (χ0n) is 13.8. The van der Waals surface area contributed by atoms with Crippen LogP contribution < -0.4 is 15.5 Å². The van der Waals surface area contributed by atoms with Crippen molar-refractivity contribution in [3.8, 4) is 0 Å². The fourth-order valence-corrected chi connectivity index (χ4v) is 4.62. The van der Waals surface area contributed by atoms with Crippen LogP contribution in [0.4, 0.5) is 10.1 Å². The van der Waals surface area contributed by atoms with Gasteiger partial charge in [0.05, 0.1) is 18.6 Å². The predicted molar refractivity (Wildman–Crippen MR) is 96.3 cm³/mol. The van der Waals surface area contributed by atoms with Gasteiger partial charge in [-0.25, -0.2) is 4.39 Å².